The third-order valence-electron chi connectivity index (χ3n) is 1.85. The number of nitrogens with zero attached hydrogens (tertiary/aromatic N) is 1. The van der Waals surface area contributed by atoms with Crippen LogP contribution in [-0.4, -0.2) is 26.8 Å². The van der Waals surface area contributed by atoms with Crippen molar-refractivity contribution in [3.8, 4) is 0 Å². The van der Waals surface area contributed by atoms with Crippen LogP contribution in [0.15, 0.2) is 12.3 Å². The number of aromatic nitrogens is 1. The first-order valence-corrected chi connectivity index (χ1v) is 5.67. The molecule has 7 heteroatoms. The molecule has 0 aliphatic rings. The van der Waals surface area contributed by atoms with Crippen molar-refractivity contribution in [2.75, 3.05) is 0 Å². The van der Waals surface area contributed by atoms with Gasteiger partial charge < -0.3 is 10.2 Å². The Labute approximate surface area is 101 Å². The van der Waals surface area contributed by atoms with E-state index in [1.54, 1.807) is 0 Å². The molecular formula is C8H4INO4S. The lowest BCUT2D eigenvalue weighted by Crippen LogP contribution is -2.05. The van der Waals surface area contributed by atoms with Crippen LogP contribution in [0.2, 0.25) is 0 Å². The number of hydrogen-bond acceptors (Lipinski definition) is 3. The highest BCUT2D eigenvalue weighted by molar-refractivity contribution is 14.1. The molecule has 78 valence electrons. The van der Waals surface area contributed by atoms with Crippen LogP contribution < -0.4 is 0 Å². The summed E-state index contributed by atoms with van der Waals surface area (Å²) in [5, 5.41) is 17.6. The molecule has 0 aliphatic heterocycles. The van der Waals surface area contributed by atoms with E-state index in [1.807, 2.05) is 22.6 Å². The molecule has 0 aliphatic carbocycles. The van der Waals surface area contributed by atoms with Crippen LogP contribution in [0.1, 0.15) is 9.67 Å². The third-order valence-corrected chi connectivity index (χ3v) is 4.18. The quantitative estimate of drug-likeness (QED) is 0.784. The monoisotopic (exact) mass is 337 g/mol. The Hall–Kier alpha value is -1.09. The minimum atomic E-state index is -1.11. The van der Waals surface area contributed by atoms with Crippen molar-refractivity contribution >= 4 is 56.2 Å². The molecular weight excluding hydrogens is 333 g/mol. The van der Waals surface area contributed by atoms with Gasteiger partial charge in [-0.2, -0.15) is 0 Å². The second-order valence-electron chi connectivity index (χ2n) is 2.76. The molecule has 0 amide bonds. The van der Waals surface area contributed by atoms with Gasteiger partial charge in [0.2, 0.25) is 0 Å². The molecule has 2 N–H and O–H groups in total. The molecule has 5 nitrogen and oxygen atoms in total. The first-order chi connectivity index (χ1) is 7.00. The van der Waals surface area contributed by atoms with Crippen LogP contribution >= 0.6 is 33.9 Å². The number of carboxylic acids is 1. The third kappa shape index (κ3) is 1.61. The van der Waals surface area contributed by atoms with Crippen LogP contribution in [0.4, 0.5) is 4.79 Å². The summed E-state index contributed by atoms with van der Waals surface area (Å²) in [6.07, 6.45) is 0.355. The molecule has 0 spiro atoms. The Morgan fingerprint density at radius 2 is 2.07 bits per heavy atom. The Bertz CT molecular complexity index is 570. The van der Waals surface area contributed by atoms with Crippen molar-refractivity contribution in [1.29, 1.82) is 0 Å². The maximum atomic E-state index is 10.8. The number of carboxylic acid groups (broad SMARTS) is 2. The van der Waals surface area contributed by atoms with Crippen LogP contribution in [0.25, 0.3) is 10.2 Å². The van der Waals surface area contributed by atoms with E-state index in [-0.39, 0.29) is 4.88 Å². The smallest absolute Gasteiger partial charge is 0.416 e. The molecule has 0 fully saturated rings. The summed E-state index contributed by atoms with van der Waals surface area (Å²) < 4.78 is 2.46. The number of thiophene rings is 1. The highest BCUT2D eigenvalue weighted by Gasteiger charge is 2.17. The summed E-state index contributed by atoms with van der Waals surface area (Å²) in [7, 11) is 0. The molecule has 2 aromatic rings. The summed E-state index contributed by atoms with van der Waals surface area (Å²) in [6.45, 7) is 0. The fourth-order valence-electron chi connectivity index (χ4n) is 1.24. The van der Waals surface area contributed by atoms with Crippen LogP contribution in [0.5, 0.6) is 0 Å². The van der Waals surface area contributed by atoms with Crippen LogP contribution in [0.3, 0.4) is 0 Å². The maximum absolute atomic E-state index is 10.8. The van der Waals surface area contributed by atoms with Crippen LogP contribution in [0, 0.1) is 3.57 Å². The molecule has 2 heterocycles. The van der Waals surface area contributed by atoms with E-state index in [0.29, 0.717) is 10.2 Å². The van der Waals surface area contributed by atoms with Gasteiger partial charge in [-0.1, -0.05) is 0 Å². The molecule has 2 aromatic heterocycles. The van der Waals surface area contributed by atoms with Gasteiger partial charge in [-0.25, -0.2) is 9.59 Å². The number of aromatic carboxylic acids is 1. The van der Waals surface area contributed by atoms with Gasteiger partial charge in [-0.3, -0.25) is 4.57 Å². The van der Waals surface area contributed by atoms with E-state index in [2.05, 4.69) is 0 Å². The molecule has 0 saturated heterocycles. The zero-order chi connectivity index (χ0) is 11.2. The van der Waals surface area contributed by atoms with Gasteiger partial charge in [0, 0.05) is 9.77 Å². The zero-order valence-corrected chi connectivity index (χ0v) is 10.1. The molecule has 0 bridgehead atoms. The Morgan fingerprint density at radius 3 is 2.60 bits per heavy atom. The van der Waals surface area contributed by atoms with Gasteiger partial charge >= 0.3 is 12.1 Å². The highest BCUT2D eigenvalue weighted by atomic mass is 127. The minimum Gasteiger partial charge on any atom is -0.477 e. The van der Waals surface area contributed by atoms with Crippen molar-refractivity contribution in [2.24, 2.45) is 0 Å². The summed E-state index contributed by atoms with van der Waals surface area (Å²) in [5.74, 6) is -1.04. The molecule has 0 atom stereocenters. The van der Waals surface area contributed by atoms with Gasteiger partial charge in [-0.05, 0) is 28.7 Å². The molecule has 0 unspecified atom stereocenters. The van der Waals surface area contributed by atoms with E-state index in [9.17, 15) is 9.59 Å². The van der Waals surface area contributed by atoms with Crippen molar-refractivity contribution in [3.05, 3.63) is 20.7 Å². The number of fused-ring (bicyclic) bond motifs is 1. The predicted octanol–water partition coefficient (Wildman–Crippen LogP) is 2.53. The Morgan fingerprint density at radius 1 is 1.40 bits per heavy atom. The second kappa shape index (κ2) is 3.49. The van der Waals surface area contributed by atoms with Gasteiger partial charge in [0.15, 0.2) is 0 Å². The highest BCUT2D eigenvalue weighted by Crippen LogP contribution is 2.31. The first-order valence-electron chi connectivity index (χ1n) is 3.77. The number of carbonyl (C=O) groups is 2. The van der Waals surface area contributed by atoms with Gasteiger partial charge in [0.1, 0.15) is 4.88 Å². The summed E-state index contributed by atoms with van der Waals surface area (Å²) in [5.41, 5.74) is 0.425. The first kappa shape index (κ1) is 10.4. The van der Waals surface area contributed by atoms with E-state index >= 15 is 0 Å². The normalized spacial score (nSPS) is 10.7. The summed E-state index contributed by atoms with van der Waals surface area (Å²) in [6, 6.07) is 1.37. The Balaban J connectivity index is 2.75. The summed E-state index contributed by atoms with van der Waals surface area (Å²) in [4.78, 5) is 21.7. The fourth-order valence-corrected chi connectivity index (χ4v) is 3.01. The van der Waals surface area contributed by atoms with E-state index in [0.717, 1.165) is 19.5 Å². The average Bonchev–Trinajstić information content (AvgIpc) is 2.66. The lowest BCUT2D eigenvalue weighted by molar-refractivity contribution is 0.0702. The van der Waals surface area contributed by atoms with E-state index < -0.39 is 12.1 Å². The number of hydrogen-bond donors (Lipinski definition) is 2. The van der Waals surface area contributed by atoms with Crippen molar-refractivity contribution in [3.63, 3.8) is 0 Å². The van der Waals surface area contributed by atoms with Crippen molar-refractivity contribution in [1.82, 2.24) is 4.57 Å². The largest absolute Gasteiger partial charge is 0.477 e. The van der Waals surface area contributed by atoms with Gasteiger partial charge in [0.05, 0.1) is 10.2 Å². The molecule has 0 saturated carbocycles. The lowest BCUT2D eigenvalue weighted by atomic mass is 10.4. The molecule has 2 rings (SSSR count). The number of rotatable bonds is 1. The lowest BCUT2D eigenvalue weighted by Gasteiger charge is -1.92. The minimum absolute atomic E-state index is 0.147. The Kier molecular flexibility index (Phi) is 2.43. The van der Waals surface area contributed by atoms with Crippen molar-refractivity contribution < 1.29 is 19.8 Å². The SMILES string of the molecule is O=C(O)c1cc2c(s1)c(I)cn2C(=O)O. The van der Waals surface area contributed by atoms with Crippen molar-refractivity contribution in [2.45, 2.75) is 0 Å². The second-order valence-corrected chi connectivity index (χ2v) is 4.97. The maximum Gasteiger partial charge on any atom is 0.416 e. The van der Waals surface area contributed by atoms with E-state index in [1.165, 1.54) is 12.3 Å². The fraction of sp³-hybridized carbons (Fsp3) is 0. The molecule has 0 aromatic carbocycles. The van der Waals surface area contributed by atoms with E-state index in [4.69, 9.17) is 10.2 Å². The summed E-state index contributed by atoms with van der Waals surface area (Å²) >= 11 is 3.06. The van der Waals surface area contributed by atoms with Crippen LogP contribution in [-0.2, 0) is 0 Å². The van der Waals surface area contributed by atoms with Gasteiger partial charge in [0.25, 0.3) is 0 Å². The average molecular weight is 337 g/mol. The molecule has 0 radical (unpaired) electrons. The predicted molar refractivity (Wildman–Crippen MR) is 62.9 cm³/mol. The standard InChI is InChI=1S/C8H4INO4S/c9-3-2-10(8(13)14)4-1-5(7(11)12)15-6(3)4/h1-2H,(H,11,12)(H,13,14). The van der Waals surface area contributed by atoms with Gasteiger partial charge in [-0.15, -0.1) is 11.3 Å². The molecule has 15 heavy (non-hydrogen) atoms. The topological polar surface area (TPSA) is 79.5 Å². The number of halogens is 1. The zero-order valence-electron chi connectivity index (χ0n) is 7.10.